The monoisotopic (exact) mass is 451 g/mol. The smallest absolute Gasteiger partial charge is 0.272 e. The molecule has 0 fully saturated rings. The molecule has 8 heteroatoms. The van der Waals surface area contributed by atoms with Crippen LogP contribution in [0.5, 0.6) is 5.75 Å². The van der Waals surface area contributed by atoms with E-state index in [2.05, 4.69) is 4.98 Å². The van der Waals surface area contributed by atoms with Gasteiger partial charge in [-0.3, -0.25) is 9.69 Å². The molecule has 3 aromatic rings. The highest BCUT2D eigenvalue weighted by atomic mass is 35.5. The Hall–Kier alpha value is -1.86. The van der Waals surface area contributed by atoms with Crippen LogP contribution in [0.1, 0.15) is 13.8 Å². The maximum atomic E-state index is 13.5. The van der Waals surface area contributed by atoms with Crippen molar-refractivity contribution < 1.29 is 9.53 Å². The maximum Gasteiger partial charge on any atom is 0.272 e. The molecule has 1 amide bonds. The standard InChI is InChI=1S/C21H23Cl2N3O2S/c1-21(2,28-16-8-5-14(22)6-9-16)19(27)26(12-11-25(3)4)20-24-17-10-7-15(23)13-18(17)29-20/h5-10,13H,11-12H2,1-4H3. The summed E-state index contributed by atoms with van der Waals surface area (Å²) in [7, 11) is 3.94. The zero-order valence-corrected chi connectivity index (χ0v) is 19.1. The molecule has 154 valence electrons. The van der Waals surface area contributed by atoms with Crippen molar-refractivity contribution in [2.75, 3.05) is 32.1 Å². The number of fused-ring (bicyclic) bond motifs is 1. The van der Waals surface area contributed by atoms with E-state index < -0.39 is 5.60 Å². The number of likely N-dealkylation sites (N-methyl/N-ethyl adjacent to an activating group) is 1. The van der Waals surface area contributed by atoms with Gasteiger partial charge in [0.1, 0.15) is 5.75 Å². The van der Waals surface area contributed by atoms with E-state index in [-0.39, 0.29) is 5.91 Å². The summed E-state index contributed by atoms with van der Waals surface area (Å²) in [6, 6.07) is 12.5. The van der Waals surface area contributed by atoms with Crippen LogP contribution in [0.25, 0.3) is 10.2 Å². The summed E-state index contributed by atoms with van der Waals surface area (Å²) < 4.78 is 6.95. The highest BCUT2D eigenvalue weighted by molar-refractivity contribution is 7.22. The van der Waals surface area contributed by atoms with Crippen molar-refractivity contribution >= 4 is 55.8 Å². The largest absolute Gasteiger partial charge is 0.478 e. The van der Waals surface area contributed by atoms with Gasteiger partial charge in [0.25, 0.3) is 5.91 Å². The van der Waals surface area contributed by atoms with Crippen molar-refractivity contribution in [2.45, 2.75) is 19.4 Å². The fourth-order valence-corrected chi connectivity index (χ4v) is 4.14. The van der Waals surface area contributed by atoms with Crippen molar-refractivity contribution in [2.24, 2.45) is 0 Å². The van der Waals surface area contributed by atoms with E-state index in [0.717, 1.165) is 10.2 Å². The highest BCUT2D eigenvalue weighted by Crippen LogP contribution is 2.32. The Balaban J connectivity index is 1.91. The molecule has 0 aliphatic heterocycles. The number of carbonyl (C=O) groups is 1. The van der Waals surface area contributed by atoms with Crippen LogP contribution in [0.2, 0.25) is 10.0 Å². The molecule has 3 rings (SSSR count). The number of carbonyl (C=O) groups excluding carboxylic acids is 1. The van der Waals surface area contributed by atoms with Gasteiger partial charge in [0.15, 0.2) is 10.7 Å². The third kappa shape index (κ3) is 5.39. The minimum absolute atomic E-state index is 0.167. The molecule has 0 aliphatic rings. The lowest BCUT2D eigenvalue weighted by Crippen LogP contribution is -2.50. The van der Waals surface area contributed by atoms with E-state index in [1.807, 2.05) is 31.1 Å². The second-order valence-electron chi connectivity index (χ2n) is 7.43. The minimum Gasteiger partial charge on any atom is -0.478 e. The SMILES string of the molecule is CN(C)CCN(C(=O)C(C)(C)Oc1ccc(Cl)cc1)c1nc2ccc(Cl)cc2s1. The molecule has 2 aromatic carbocycles. The number of ether oxygens (including phenoxy) is 1. The molecule has 0 bridgehead atoms. The van der Waals surface area contributed by atoms with Crippen LogP contribution in [-0.2, 0) is 4.79 Å². The van der Waals surface area contributed by atoms with Gasteiger partial charge in [-0.25, -0.2) is 4.98 Å². The van der Waals surface area contributed by atoms with Crippen molar-refractivity contribution in [3.8, 4) is 5.75 Å². The molecule has 0 N–H and O–H groups in total. The molecule has 0 atom stereocenters. The van der Waals surface area contributed by atoms with Gasteiger partial charge in [0, 0.05) is 23.1 Å². The molecule has 0 aliphatic carbocycles. The Morgan fingerprint density at radius 1 is 1.07 bits per heavy atom. The minimum atomic E-state index is -1.09. The van der Waals surface area contributed by atoms with E-state index in [1.165, 1.54) is 11.3 Å². The molecule has 0 radical (unpaired) electrons. The fraction of sp³-hybridized carbons (Fsp3) is 0.333. The Morgan fingerprint density at radius 3 is 2.38 bits per heavy atom. The summed E-state index contributed by atoms with van der Waals surface area (Å²) in [6.07, 6.45) is 0. The number of amides is 1. The van der Waals surface area contributed by atoms with Crippen LogP contribution in [0.4, 0.5) is 5.13 Å². The summed E-state index contributed by atoms with van der Waals surface area (Å²) in [5.74, 6) is 0.413. The summed E-state index contributed by atoms with van der Waals surface area (Å²) in [4.78, 5) is 21.9. The molecule has 0 saturated heterocycles. The van der Waals surface area contributed by atoms with Gasteiger partial charge < -0.3 is 9.64 Å². The predicted octanol–water partition coefficient (Wildman–Crippen LogP) is 5.36. The number of halogens is 2. The average Bonchev–Trinajstić information content (AvgIpc) is 3.06. The number of thiazole rings is 1. The van der Waals surface area contributed by atoms with Gasteiger partial charge in [-0.1, -0.05) is 34.5 Å². The highest BCUT2D eigenvalue weighted by Gasteiger charge is 2.36. The summed E-state index contributed by atoms with van der Waals surface area (Å²) in [5, 5.41) is 1.88. The number of hydrogen-bond donors (Lipinski definition) is 0. The molecule has 1 heterocycles. The van der Waals surface area contributed by atoms with Crippen LogP contribution >= 0.6 is 34.5 Å². The fourth-order valence-electron chi connectivity index (χ4n) is 2.75. The average molecular weight is 452 g/mol. The molecule has 0 spiro atoms. The van der Waals surface area contributed by atoms with Crippen LogP contribution in [0.15, 0.2) is 42.5 Å². The number of anilines is 1. The van der Waals surface area contributed by atoms with Crippen LogP contribution in [0, 0.1) is 0 Å². The zero-order valence-electron chi connectivity index (χ0n) is 16.8. The Bertz CT molecular complexity index is 1000. The Morgan fingerprint density at radius 2 is 1.72 bits per heavy atom. The third-order valence-corrected chi connectivity index (χ3v) is 5.82. The van der Waals surface area contributed by atoms with E-state index in [4.69, 9.17) is 27.9 Å². The van der Waals surface area contributed by atoms with Crippen LogP contribution in [0.3, 0.4) is 0 Å². The first kappa shape index (κ1) is 21.8. The Labute approximate surface area is 184 Å². The van der Waals surface area contributed by atoms with Gasteiger partial charge in [0.2, 0.25) is 0 Å². The lowest BCUT2D eigenvalue weighted by molar-refractivity contribution is -0.131. The molecular weight excluding hydrogens is 429 g/mol. The number of rotatable bonds is 7. The quantitative estimate of drug-likeness (QED) is 0.485. The summed E-state index contributed by atoms with van der Waals surface area (Å²) in [6.45, 7) is 4.71. The second-order valence-corrected chi connectivity index (χ2v) is 9.32. The van der Waals surface area contributed by atoms with E-state index >= 15 is 0 Å². The lowest BCUT2D eigenvalue weighted by atomic mass is 10.1. The van der Waals surface area contributed by atoms with E-state index in [1.54, 1.807) is 49.1 Å². The van der Waals surface area contributed by atoms with Gasteiger partial charge in [0.05, 0.1) is 10.2 Å². The van der Waals surface area contributed by atoms with Gasteiger partial charge >= 0.3 is 0 Å². The lowest BCUT2D eigenvalue weighted by Gasteiger charge is -2.31. The first-order valence-electron chi connectivity index (χ1n) is 9.13. The van der Waals surface area contributed by atoms with E-state index in [9.17, 15) is 4.79 Å². The van der Waals surface area contributed by atoms with Crippen LogP contribution < -0.4 is 9.64 Å². The van der Waals surface area contributed by atoms with Crippen molar-refractivity contribution in [1.29, 1.82) is 0 Å². The third-order valence-electron chi connectivity index (χ3n) is 4.29. The van der Waals surface area contributed by atoms with Crippen molar-refractivity contribution in [3.63, 3.8) is 0 Å². The van der Waals surface area contributed by atoms with Gasteiger partial charge in [-0.2, -0.15) is 0 Å². The first-order chi connectivity index (χ1) is 13.7. The van der Waals surface area contributed by atoms with E-state index in [0.29, 0.717) is 34.0 Å². The second kappa shape index (κ2) is 8.88. The van der Waals surface area contributed by atoms with Crippen molar-refractivity contribution in [1.82, 2.24) is 9.88 Å². The maximum absolute atomic E-state index is 13.5. The number of aromatic nitrogens is 1. The molecule has 0 unspecified atom stereocenters. The Kier molecular flexibility index (Phi) is 6.69. The number of hydrogen-bond acceptors (Lipinski definition) is 5. The van der Waals surface area contributed by atoms with Gasteiger partial charge in [-0.05, 0) is 70.4 Å². The molecule has 1 aromatic heterocycles. The number of nitrogens with zero attached hydrogens (tertiary/aromatic N) is 3. The molecular formula is C21H23Cl2N3O2S. The van der Waals surface area contributed by atoms with Gasteiger partial charge in [-0.15, -0.1) is 0 Å². The van der Waals surface area contributed by atoms with Crippen LogP contribution in [-0.4, -0.2) is 48.6 Å². The summed E-state index contributed by atoms with van der Waals surface area (Å²) >= 11 is 13.5. The topological polar surface area (TPSA) is 45.7 Å². The molecule has 29 heavy (non-hydrogen) atoms. The zero-order chi connectivity index (χ0) is 21.2. The normalized spacial score (nSPS) is 11.8. The first-order valence-corrected chi connectivity index (χ1v) is 10.7. The number of benzene rings is 2. The summed E-state index contributed by atoms with van der Waals surface area (Å²) in [5.41, 5.74) is -0.274. The molecule has 5 nitrogen and oxygen atoms in total. The predicted molar refractivity (Wildman–Crippen MR) is 122 cm³/mol. The van der Waals surface area contributed by atoms with Crippen molar-refractivity contribution in [3.05, 3.63) is 52.5 Å². The molecule has 0 saturated carbocycles.